The number of carbonyl (C=O) groups excluding carboxylic acids is 2. The predicted molar refractivity (Wildman–Crippen MR) is 96.6 cm³/mol. The molecule has 2 amide bonds. The lowest BCUT2D eigenvalue weighted by Crippen LogP contribution is -2.33. The minimum atomic E-state index is -0.412. The van der Waals surface area contributed by atoms with Crippen LogP contribution in [0, 0.1) is 0 Å². The standard InChI is InChI=1S/C18H19ClN2O4/c1-3-25-15-9-8-12(10-16(15)24-2)21-17(22)11-20-18(23)13-6-4-5-7-14(13)19/h4-10H,3,11H2,1-2H3,(H,20,23)(H,21,22). The van der Waals surface area contributed by atoms with Crippen LogP contribution in [-0.4, -0.2) is 32.1 Å². The van der Waals surface area contributed by atoms with Crippen LogP contribution >= 0.6 is 11.6 Å². The molecular formula is C18H19ClN2O4. The van der Waals surface area contributed by atoms with Gasteiger partial charge in [0, 0.05) is 11.8 Å². The van der Waals surface area contributed by atoms with Gasteiger partial charge in [0.05, 0.1) is 30.8 Å². The first-order valence-corrected chi connectivity index (χ1v) is 8.06. The zero-order valence-corrected chi connectivity index (χ0v) is 14.7. The molecule has 0 fully saturated rings. The van der Waals surface area contributed by atoms with Gasteiger partial charge in [-0.25, -0.2) is 0 Å². The molecule has 0 atom stereocenters. The number of amides is 2. The number of hydrogen-bond acceptors (Lipinski definition) is 4. The number of hydrogen-bond donors (Lipinski definition) is 2. The van der Waals surface area contributed by atoms with E-state index in [2.05, 4.69) is 10.6 Å². The molecule has 0 aliphatic heterocycles. The van der Waals surface area contributed by atoms with E-state index in [1.807, 2.05) is 6.92 Å². The predicted octanol–water partition coefficient (Wildman–Crippen LogP) is 3.12. The van der Waals surface area contributed by atoms with Gasteiger partial charge in [0.15, 0.2) is 11.5 Å². The number of benzene rings is 2. The molecule has 2 aromatic rings. The molecule has 0 saturated carbocycles. The molecule has 0 saturated heterocycles. The fourth-order valence-electron chi connectivity index (χ4n) is 2.13. The van der Waals surface area contributed by atoms with Crippen LogP contribution in [0.1, 0.15) is 17.3 Å². The Kier molecular flexibility index (Phi) is 6.65. The zero-order valence-electron chi connectivity index (χ0n) is 14.0. The second-order valence-electron chi connectivity index (χ2n) is 5.01. The first kappa shape index (κ1) is 18.6. The molecule has 0 aromatic heterocycles. The minimum absolute atomic E-state index is 0.181. The van der Waals surface area contributed by atoms with E-state index in [0.29, 0.717) is 34.4 Å². The third-order valence-corrected chi connectivity index (χ3v) is 3.60. The van der Waals surface area contributed by atoms with Crippen molar-refractivity contribution in [2.24, 2.45) is 0 Å². The Morgan fingerprint density at radius 3 is 2.56 bits per heavy atom. The van der Waals surface area contributed by atoms with Gasteiger partial charge in [0.2, 0.25) is 5.91 Å². The Balaban J connectivity index is 1.94. The smallest absolute Gasteiger partial charge is 0.253 e. The van der Waals surface area contributed by atoms with Gasteiger partial charge in [-0.15, -0.1) is 0 Å². The fourth-order valence-corrected chi connectivity index (χ4v) is 2.35. The van der Waals surface area contributed by atoms with Crippen molar-refractivity contribution in [1.82, 2.24) is 5.32 Å². The summed E-state index contributed by atoms with van der Waals surface area (Å²) in [4.78, 5) is 24.0. The van der Waals surface area contributed by atoms with E-state index in [0.717, 1.165) is 0 Å². The highest BCUT2D eigenvalue weighted by Gasteiger charge is 2.12. The number of nitrogens with one attached hydrogen (secondary N) is 2. The van der Waals surface area contributed by atoms with Crippen LogP contribution in [0.4, 0.5) is 5.69 Å². The summed E-state index contributed by atoms with van der Waals surface area (Å²) in [6.45, 7) is 2.20. The highest BCUT2D eigenvalue weighted by Crippen LogP contribution is 2.30. The van der Waals surface area contributed by atoms with E-state index in [9.17, 15) is 9.59 Å². The first-order valence-electron chi connectivity index (χ1n) is 7.68. The van der Waals surface area contributed by atoms with Gasteiger partial charge < -0.3 is 20.1 Å². The normalized spacial score (nSPS) is 10.0. The highest BCUT2D eigenvalue weighted by molar-refractivity contribution is 6.33. The Labute approximate surface area is 151 Å². The number of methoxy groups -OCH3 is 1. The van der Waals surface area contributed by atoms with E-state index >= 15 is 0 Å². The number of halogens is 1. The van der Waals surface area contributed by atoms with Crippen LogP contribution in [-0.2, 0) is 4.79 Å². The van der Waals surface area contributed by atoms with Gasteiger partial charge in [-0.3, -0.25) is 9.59 Å². The summed E-state index contributed by atoms with van der Waals surface area (Å²) >= 11 is 5.95. The van der Waals surface area contributed by atoms with Gasteiger partial charge in [-0.05, 0) is 31.2 Å². The average molecular weight is 363 g/mol. The van der Waals surface area contributed by atoms with Crippen LogP contribution in [0.15, 0.2) is 42.5 Å². The number of carbonyl (C=O) groups is 2. The van der Waals surface area contributed by atoms with Crippen molar-refractivity contribution in [1.29, 1.82) is 0 Å². The highest BCUT2D eigenvalue weighted by atomic mass is 35.5. The van der Waals surface area contributed by atoms with Crippen molar-refractivity contribution in [3.05, 3.63) is 53.1 Å². The maximum Gasteiger partial charge on any atom is 0.253 e. The number of ether oxygens (including phenoxy) is 2. The maximum atomic E-state index is 12.0. The molecule has 25 heavy (non-hydrogen) atoms. The minimum Gasteiger partial charge on any atom is -0.493 e. The monoisotopic (exact) mass is 362 g/mol. The molecule has 0 aliphatic carbocycles. The van der Waals surface area contributed by atoms with Crippen LogP contribution in [0.25, 0.3) is 0 Å². The topological polar surface area (TPSA) is 76.7 Å². The maximum absolute atomic E-state index is 12.0. The number of anilines is 1. The Morgan fingerprint density at radius 1 is 1.12 bits per heavy atom. The SMILES string of the molecule is CCOc1ccc(NC(=O)CNC(=O)c2ccccc2Cl)cc1OC. The van der Waals surface area contributed by atoms with E-state index in [1.54, 1.807) is 42.5 Å². The van der Waals surface area contributed by atoms with E-state index in [1.165, 1.54) is 7.11 Å². The molecular weight excluding hydrogens is 344 g/mol. The summed E-state index contributed by atoms with van der Waals surface area (Å²) in [7, 11) is 1.52. The average Bonchev–Trinajstić information content (AvgIpc) is 2.61. The van der Waals surface area contributed by atoms with Gasteiger partial charge >= 0.3 is 0 Å². The Hall–Kier alpha value is -2.73. The summed E-state index contributed by atoms with van der Waals surface area (Å²) in [5.74, 6) is 0.325. The largest absolute Gasteiger partial charge is 0.493 e. The molecule has 2 rings (SSSR count). The van der Waals surface area contributed by atoms with Crippen molar-refractivity contribution >= 4 is 29.1 Å². The second kappa shape index (κ2) is 8.94. The van der Waals surface area contributed by atoms with Gasteiger partial charge in [-0.2, -0.15) is 0 Å². The quantitative estimate of drug-likeness (QED) is 0.793. The van der Waals surface area contributed by atoms with Crippen molar-refractivity contribution in [2.45, 2.75) is 6.92 Å². The van der Waals surface area contributed by atoms with Crippen molar-refractivity contribution < 1.29 is 19.1 Å². The van der Waals surface area contributed by atoms with E-state index in [4.69, 9.17) is 21.1 Å². The van der Waals surface area contributed by atoms with E-state index in [-0.39, 0.29) is 12.5 Å². The van der Waals surface area contributed by atoms with Crippen molar-refractivity contribution in [3.63, 3.8) is 0 Å². The van der Waals surface area contributed by atoms with E-state index < -0.39 is 5.91 Å². The zero-order chi connectivity index (χ0) is 18.2. The lowest BCUT2D eigenvalue weighted by atomic mass is 10.2. The molecule has 0 radical (unpaired) electrons. The molecule has 7 heteroatoms. The van der Waals surface area contributed by atoms with Crippen LogP contribution in [0.2, 0.25) is 5.02 Å². The van der Waals surface area contributed by atoms with Gasteiger partial charge in [0.1, 0.15) is 0 Å². The first-order chi connectivity index (χ1) is 12.0. The molecule has 0 spiro atoms. The summed E-state index contributed by atoms with van der Waals surface area (Å²) in [5, 5.41) is 5.54. The third-order valence-electron chi connectivity index (χ3n) is 3.28. The Morgan fingerprint density at radius 2 is 1.88 bits per heavy atom. The summed E-state index contributed by atoms with van der Waals surface area (Å²) in [5.41, 5.74) is 0.858. The summed E-state index contributed by atoms with van der Waals surface area (Å²) in [6, 6.07) is 11.7. The lowest BCUT2D eigenvalue weighted by Gasteiger charge is -2.12. The molecule has 0 bridgehead atoms. The Bertz CT molecular complexity index is 764. The van der Waals surface area contributed by atoms with Crippen LogP contribution in [0.3, 0.4) is 0 Å². The van der Waals surface area contributed by atoms with Crippen molar-refractivity contribution in [3.8, 4) is 11.5 Å². The molecule has 132 valence electrons. The van der Waals surface area contributed by atoms with Gasteiger partial charge in [-0.1, -0.05) is 23.7 Å². The summed E-state index contributed by atoms with van der Waals surface area (Å²) in [6.07, 6.45) is 0. The molecule has 6 nitrogen and oxygen atoms in total. The van der Waals surface area contributed by atoms with Crippen LogP contribution in [0.5, 0.6) is 11.5 Å². The van der Waals surface area contributed by atoms with Crippen LogP contribution < -0.4 is 20.1 Å². The molecule has 0 aliphatic rings. The third kappa shape index (κ3) is 5.12. The fraction of sp³-hybridized carbons (Fsp3) is 0.222. The molecule has 2 N–H and O–H groups in total. The van der Waals surface area contributed by atoms with Gasteiger partial charge in [0.25, 0.3) is 5.91 Å². The molecule has 0 heterocycles. The summed E-state index contributed by atoms with van der Waals surface area (Å²) < 4.78 is 10.6. The molecule has 0 unspecified atom stereocenters. The number of rotatable bonds is 7. The lowest BCUT2D eigenvalue weighted by molar-refractivity contribution is -0.115. The molecule has 2 aromatic carbocycles. The van der Waals surface area contributed by atoms with Crippen molar-refractivity contribution in [2.75, 3.05) is 25.6 Å². The second-order valence-corrected chi connectivity index (χ2v) is 5.42.